The number of aryl methyl sites for hydroxylation is 1. The van der Waals surface area contributed by atoms with Gasteiger partial charge in [0.15, 0.2) is 0 Å². The minimum Gasteiger partial charge on any atom is -0.383 e. The number of hydrogen-bond donors (Lipinski definition) is 2. The van der Waals surface area contributed by atoms with Crippen LogP contribution in [0.3, 0.4) is 0 Å². The van der Waals surface area contributed by atoms with E-state index in [-0.39, 0.29) is 5.54 Å². The molecule has 0 bridgehead atoms. The monoisotopic (exact) mass is 206 g/mol. The van der Waals surface area contributed by atoms with Crippen molar-refractivity contribution in [2.45, 2.75) is 32.7 Å². The third kappa shape index (κ3) is 3.56. The molecule has 0 heterocycles. The van der Waals surface area contributed by atoms with E-state index in [9.17, 15) is 0 Å². The average Bonchev–Trinajstić information content (AvgIpc) is 2.27. The number of hydrogen-bond acceptors (Lipinski definition) is 2. The molecule has 1 rings (SSSR count). The molecule has 0 saturated heterocycles. The van der Waals surface area contributed by atoms with Crippen LogP contribution in [0.4, 0.5) is 5.69 Å². The summed E-state index contributed by atoms with van der Waals surface area (Å²) in [4.78, 5) is 0. The highest BCUT2D eigenvalue weighted by molar-refractivity contribution is 5.51. The first kappa shape index (κ1) is 12.1. The minimum atomic E-state index is 0.126. The number of likely N-dealkylation sites (N-methyl/N-ethyl adjacent to an activating group) is 1. The fourth-order valence-corrected chi connectivity index (χ4v) is 1.41. The van der Waals surface area contributed by atoms with Gasteiger partial charge in [-0.25, -0.2) is 0 Å². The van der Waals surface area contributed by atoms with Crippen molar-refractivity contribution in [2.75, 3.05) is 18.9 Å². The molecule has 0 fully saturated rings. The predicted molar refractivity (Wildman–Crippen MR) is 67.4 cm³/mol. The molecule has 1 aromatic carbocycles. The van der Waals surface area contributed by atoms with E-state index in [0.717, 1.165) is 13.0 Å². The van der Waals surface area contributed by atoms with Crippen LogP contribution in [-0.4, -0.2) is 19.1 Å². The molecule has 1 aromatic rings. The van der Waals surface area contributed by atoms with E-state index in [1.54, 1.807) is 0 Å². The van der Waals surface area contributed by atoms with E-state index in [4.69, 9.17) is 0 Å². The normalized spacial score (nSPS) is 11.5. The van der Waals surface area contributed by atoms with Gasteiger partial charge in [-0.2, -0.15) is 0 Å². The highest BCUT2D eigenvalue weighted by Gasteiger charge is 2.14. The Morgan fingerprint density at radius 2 is 1.87 bits per heavy atom. The Kier molecular flexibility index (Phi) is 4.15. The van der Waals surface area contributed by atoms with Gasteiger partial charge in [0, 0.05) is 17.8 Å². The van der Waals surface area contributed by atoms with Crippen LogP contribution in [0.1, 0.15) is 26.3 Å². The van der Waals surface area contributed by atoms with E-state index in [1.807, 2.05) is 7.05 Å². The lowest BCUT2D eigenvalue weighted by Crippen LogP contribution is -2.42. The molecule has 84 valence electrons. The van der Waals surface area contributed by atoms with E-state index in [0.29, 0.717) is 0 Å². The van der Waals surface area contributed by atoms with Gasteiger partial charge in [0.1, 0.15) is 0 Å². The van der Waals surface area contributed by atoms with Crippen LogP contribution >= 0.6 is 0 Å². The van der Waals surface area contributed by atoms with Gasteiger partial charge in [-0.3, -0.25) is 0 Å². The van der Waals surface area contributed by atoms with Crippen molar-refractivity contribution >= 4 is 5.69 Å². The second-order valence-electron chi connectivity index (χ2n) is 4.50. The van der Waals surface area contributed by atoms with Gasteiger partial charge in [-0.05, 0) is 38.9 Å². The second-order valence-corrected chi connectivity index (χ2v) is 4.50. The molecule has 0 saturated carbocycles. The highest BCUT2D eigenvalue weighted by atomic mass is 15.0. The van der Waals surface area contributed by atoms with Crippen LogP contribution in [0.2, 0.25) is 0 Å². The molecule has 0 unspecified atom stereocenters. The number of anilines is 1. The Balaban J connectivity index is 2.65. The predicted octanol–water partition coefficient (Wildman–Crippen LogP) is 2.66. The Hall–Kier alpha value is -1.02. The maximum atomic E-state index is 3.49. The summed E-state index contributed by atoms with van der Waals surface area (Å²) in [6.07, 6.45) is 1.07. The standard InChI is InChI=1S/C13H22N2/c1-5-11-8-6-7-9-12(11)15-10-13(2,3)14-4/h6-9,14-15H,5,10H2,1-4H3. The van der Waals surface area contributed by atoms with Gasteiger partial charge in [0.25, 0.3) is 0 Å². The zero-order chi connectivity index (χ0) is 11.3. The first-order valence-corrected chi connectivity index (χ1v) is 5.60. The summed E-state index contributed by atoms with van der Waals surface area (Å²) in [6, 6.07) is 8.49. The fraction of sp³-hybridized carbons (Fsp3) is 0.538. The van der Waals surface area contributed by atoms with E-state index in [2.05, 4.69) is 55.7 Å². The van der Waals surface area contributed by atoms with Crippen molar-refractivity contribution in [3.8, 4) is 0 Å². The van der Waals surface area contributed by atoms with E-state index in [1.165, 1.54) is 11.3 Å². The molecule has 2 nitrogen and oxygen atoms in total. The zero-order valence-corrected chi connectivity index (χ0v) is 10.2. The molecule has 0 amide bonds. The van der Waals surface area contributed by atoms with Gasteiger partial charge in [0.05, 0.1) is 0 Å². The van der Waals surface area contributed by atoms with Crippen LogP contribution in [0.15, 0.2) is 24.3 Å². The lowest BCUT2D eigenvalue weighted by atomic mass is 10.1. The molecule has 0 aliphatic carbocycles. The summed E-state index contributed by atoms with van der Waals surface area (Å²) in [5.74, 6) is 0. The maximum Gasteiger partial charge on any atom is 0.0373 e. The van der Waals surface area contributed by atoms with Crippen molar-refractivity contribution in [3.63, 3.8) is 0 Å². The van der Waals surface area contributed by atoms with Gasteiger partial charge in [-0.1, -0.05) is 25.1 Å². The van der Waals surface area contributed by atoms with E-state index < -0.39 is 0 Å². The lowest BCUT2D eigenvalue weighted by Gasteiger charge is -2.25. The Morgan fingerprint density at radius 1 is 1.20 bits per heavy atom. The third-order valence-electron chi connectivity index (χ3n) is 2.80. The Morgan fingerprint density at radius 3 is 2.47 bits per heavy atom. The quantitative estimate of drug-likeness (QED) is 0.774. The summed E-state index contributed by atoms with van der Waals surface area (Å²) in [6.45, 7) is 7.49. The summed E-state index contributed by atoms with van der Waals surface area (Å²) in [7, 11) is 1.99. The number of benzene rings is 1. The summed E-state index contributed by atoms with van der Waals surface area (Å²) in [5, 5.41) is 6.78. The van der Waals surface area contributed by atoms with Gasteiger partial charge in [-0.15, -0.1) is 0 Å². The number of nitrogens with one attached hydrogen (secondary N) is 2. The highest BCUT2D eigenvalue weighted by Crippen LogP contribution is 2.16. The van der Waals surface area contributed by atoms with Gasteiger partial charge >= 0.3 is 0 Å². The summed E-state index contributed by atoms with van der Waals surface area (Å²) in [5.41, 5.74) is 2.76. The second kappa shape index (κ2) is 5.17. The van der Waals surface area contributed by atoms with Crippen molar-refractivity contribution in [3.05, 3.63) is 29.8 Å². The van der Waals surface area contributed by atoms with Crippen molar-refractivity contribution in [1.82, 2.24) is 5.32 Å². The van der Waals surface area contributed by atoms with Crippen molar-refractivity contribution in [2.24, 2.45) is 0 Å². The molecular formula is C13H22N2. The smallest absolute Gasteiger partial charge is 0.0373 e. The molecular weight excluding hydrogens is 184 g/mol. The van der Waals surface area contributed by atoms with Gasteiger partial charge in [0.2, 0.25) is 0 Å². The molecule has 2 N–H and O–H groups in total. The van der Waals surface area contributed by atoms with E-state index >= 15 is 0 Å². The first-order valence-electron chi connectivity index (χ1n) is 5.60. The summed E-state index contributed by atoms with van der Waals surface area (Å²) >= 11 is 0. The van der Waals surface area contributed by atoms with Crippen LogP contribution in [0.25, 0.3) is 0 Å². The molecule has 2 heteroatoms. The van der Waals surface area contributed by atoms with Gasteiger partial charge < -0.3 is 10.6 Å². The number of para-hydroxylation sites is 1. The van der Waals surface area contributed by atoms with Crippen LogP contribution in [0.5, 0.6) is 0 Å². The van der Waals surface area contributed by atoms with Crippen molar-refractivity contribution in [1.29, 1.82) is 0 Å². The number of rotatable bonds is 5. The molecule has 0 aliphatic rings. The minimum absolute atomic E-state index is 0.126. The first-order chi connectivity index (χ1) is 7.09. The Labute approximate surface area is 93.1 Å². The molecule has 0 aromatic heterocycles. The molecule has 0 radical (unpaired) electrons. The fourth-order valence-electron chi connectivity index (χ4n) is 1.41. The van der Waals surface area contributed by atoms with Crippen LogP contribution in [0, 0.1) is 0 Å². The zero-order valence-electron chi connectivity index (χ0n) is 10.2. The average molecular weight is 206 g/mol. The molecule has 0 spiro atoms. The lowest BCUT2D eigenvalue weighted by molar-refractivity contribution is 0.448. The largest absolute Gasteiger partial charge is 0.383 e. The SMILES string of the molecule is CCc1ccccc1NCC(C)(C)NC. The van der Waals surface area contributed by atoms with Crippen molar-refractivity contribution < 1.29 is 0 Å². The Bertz CT molecular complexity index is 305. The summed E-state index contributed by atoms with van der Waals surface area (Å²) < 4.78 is 0. The van der Waals surface area contributed by atoms with Crippen LogP contribution < -0.4 is 10.6 Å². The molecule has 0 atom stereocenters. The topological polar surface area (TPSA) is 24.1 Å². The maximum absolute atomic E-state index is 3.49. The molecule has 15 heavy (non-hydrogen) atoms. The third-order valence-corrected chi connectivity index (χ3v) is 2.80. The van der Waals surface area contributed by atoms with Crippen LogP contribution in [-0.2, 0) is 6.42 Å². The molecule has 0 aliphatic heterocycles.